The summed E-state index contributed by atoms with van der Waals surface area (Å²) in [6.07, 6.45) is 0.614. The van der Waals surface area contributed by atoms with Gasteiger partial charge in [0.15, 0.2) is 0 Å². The number of amides is 1. The van der Waals surface area contributed by atoms with Crippen LogP contribution in [0.3, 0.4) is 0 Å². The number of rotatable bonds is 7. The predicted octanol–water partition coefficient (Wildman–Crippen LogP) is 0.720. The quantitative estimate of drug-likeness (QED) is 0.698. The lowest BCUT2D eigenvalue weighted by Crippen LogP contribution is -2.26. The number of thioether (sulfide) groups is 1. The Balaban J connectivity index is 3.91. The fourth-order valence-corrected chi connectivity index (χ4v) is 2.07. The van der Waals surface area contributed by atoms with Crippen molar-refractivity contribution in [1.82, 2.24) is 4.90 Å². The van der Waals surface area contributed by atoms with Gasteiger partial charge in [0.2, 0.25) is 5.91 Å². The standard InChI is InChI=1S/C11H23NO3S/c1-11(2,16-8-9(14)7-13)6-5-10(15)12(3)4/h9,13-14H,5-8H2,1-4H3. The highest BCUT2D eigenvalue weighted by molar-refractivity contribution is 8.00. The van der Waals surface area contributed by atoms with Crippen LogP contribution in [0.25, 0.3) is 0 Å². The second-order valence-electron chi connectivity index (χ2n) is 4.70. The molecule has 0 fully saturated rings. The Morgan fingerprint density at radius 1 is 1.44 bits per heavy atom. The van der Waals surface area contributed by atoms with Crippen LogP contribution < -0.4 is 0 Å². The largest absolute Gasteiger partial charge is 0.394 e. The van der Waals surface area contributed by atoms with E-state index >= 15 is 0 Å². The maximum absolute atomic E-state index is 11.4. The third kappa shape index (κ3) is 7.09. The Kier molecular flexibility index (Phi) is 7.03. The van der Waals surface area contributed by atoms with E-state index in [0.29, 0.717) is 12.2 Å². The van der Waals surface area contributed by atoms with Gasteiger partial charge in [-0.25, -0.2) is 0 Å². The monoisotopic (exact) mass is 249 g/mol. The lowest BCUT2D eigenvalue weighted by molar-refractivity contribution is -0.128. The van der Waals surface area contributed by atoms with E-state index in [0.717, 1.165) is 6.42 Å². The fourth-order valence-electron chi connectivity index (χ4n) is 1.08. The van der Waals surface area contributed by atoms with Gasteiger partial charge in [-0.3, -0.25) is 4.79 Å². The third-order valence-corrected chi connectivity index (χ3v) is 3.85. The molecule has 0 aliphatic rings. The predicted molar refractivity (Wildman–Crippen MR) is 67.6 cm³/mol. The normalized spacial score (nSPS) is 13.6. The van der Waals surface area contributed by atoms with Crippen molar-refractivity contribution in [3.8, 4) is 0 Å². The number of carbonyl (C=O) groups excluding carboxylic acids is 1. The molecule has 0 aromatic carbocycles. The number of nitrogens with zero attached hydrogens (tertiary/aromatic N) is 1. The minimum atomic E-state index is -0.672. The molecule has 16 heavy (non-hydrogen) atoms. The molecule has 0 aliphatic heterocycles. The van der Waals surface area contributed by atoms with Crippen molar-refractivity contribution in [2.24, 2.45) is 0 Å². The molecule has 0 radical (unpaired) electrons. The zero-order chi connectivity index (χ0) is 12.8. The molecule has 1 amide bonds. The molecule has 0 heterocycles. The van der Waals surface area contributed by atoms with Gasteiger partial charge in [0, 0.05) is 31.0 Å². The highest BCUT2D eigenvalue weighted by Crippen LogP contribution is 2.30. The number of hydrogen-bond donors (Lipinski definition) is 2. The Bertz CT molecular complexity index is 219. The molecule has 0 saturated carbocycles. The molecule has 0 bridgehead atoms. The smallest absolute Gasteiger partial charge is 0.222 e. The van der Waals surface area contributed by atoms with Crippen molar-refractivity contribution in [2.45, 2.75) is 37.5 Å². The molecule has 0 saturated heterocycles. The molecule has 1 atom stereocenters. The summed E-state index contributed by atoms with van der Waals surface area (Å²) in [5, 5.41) is 17.9. The molecule has 5 heteroatoms. The zero-order valence-electron chi connectivity index (χ0n) is 10.6. The third-order valence-electron chi connectivity index (χ3n) is 2.32. The summed E-state index contributed by atoms with van der Waals surface area (Å²) in [6, 6.07) is 0. The van der Waals surface area contributed by atoms with Gasteiger partial charge in [0.1, 0.15) is 0 Å². The van der Waals surface area contributed by atoms with Crippen LogP contribution in [0, 0.1) is 0 Å². The van der Waals surface area contributed by atoms with Crippen molar-refractivity contribution >= 4 is 17.7 Å². The Morgan fingerprint density at radius 3 is 2.44 bits per heavy atom. The molecule has 0 aliphatic carbocycles. The van der Waals surface area contributed by atoms with Gasteiger partial charge < -0.3 is 15.1 Å². The van der Waals surface area contributed by atoms with E-state index in [-0.39, 0.29) is 17.3 Å². The summed E-state index contributed by atoms with van der Waals surface area (Å²) in [6.45, 7) is 3.88. The maximum Gasteiger partial charge on any atom is 0.222 e. The van der Waals surface area contributed by atoms with E-state index < -0.39 is 6.10 Å². The van der Waals surface area contributed by atoms with Gasteiger partial charge in [-0.05, 0) is 6.42 Å². The first-order valence-electron chi connectivity index (χ1n) is 5.41. The molecule has 0 spiro atoms. The first-order chi connectivity index (χ1) is 7.28. The SMILES string of the molecule is CN(C)C(=O)CCC(C)(C)SCC(O)CO. The van der Waals surface area contributed by atoms with Crippen LogP contribution in [-0.2, 0) is 4.79 Å². The summed E-state index contributed by atoms with van der Waals surface area (Å²) in [7, 11) is 3.50. The van der Waals surface area contributed by atoms with Crippen LogP contribution in [0.5, 0.6) is 0 Å². The van der Waals surface area contributed by atoms with E-state index in [9.17, 15) is 9.90 Å². The van der Waals surface area contributed by atoms with Crippen LogP contribution in [0.15, 0.2) is 0 Å². The van der Waals surface area contributed by atoms with Crippen molar-refractivity contribution in [2.75, 3.05) is 26.5 Å². The lowest BCUT2D eigenvalue weighted by atomic mass is 10.1. The van der Waals surface area contributed by atoms with Crippen molar-refractivity contribution < 1.29 is 15.0 Å². The van der Waals surface area contributed by atoms with Crippen LogP contribution in [0.4, 0.5) is 0 Å². The van der Waals surface area contributed by atoms with Crippen LogP contribution in [0.2, 0.25) is 0 Å². The zero-order valence-corrected chi connectivity index (χ0v) is 11.4. The average Bonchev–Trinajstić information content (AvgIpc) is 2.22. The molecule has 96 valence electrons. The van der Waals surface area contributed by atoms with E-state index in [4.69, 9.17) is 5.11 Å². The van der Waals surface area contributed by atoms with Gasteiger partial charge >= 0.3 is 0 Å². The fraction of sp³-hybridized carbons (Fsp3) is 0.909. The summed E-state index contributed by atoms with van der Waals surface area (Å²) < 4.78 is -0.0537. The Labute approximate surface area is 102 Å². The Hall–Kier alpha value is -0.260. The van der Waals surface area contributed by atoms with Crippen molar-refractivity contribution in [1.29, 1.82) is 0 Å². The second kappa shape index (κ2) is 7.14. The van der Waals surface area contributed by atoms with Crippen LogP contribution >= 0.6 is 11.8 Å². The van der Waals surface area contributed by atoms with Crippen LogP contribution in [0.1, 0.15) is 26.7 Å². The molecular weight excluding hydrogens is 226 g/mol. The van der Waals surface area contributed by atoms with Gasteiger partial charge in [-0.15, -0.1) is 0 Å². The van der Waals surface area contributed by atoms with Crippen molar-refractivity contribution in [3.63, 3.8) is 0 Å². The Morgan fingerprint density at radius 2 is 2.00 bits per heavy atom. The lowest BCUT2D eigenvalue weighted by Gasteiger charge is -2.25. The topological polar surface area (TPSA) is 60.8 Å². The van der Waals surface area contributed by atoms with Gasteiger partial charge in [-0.1, -0.05) is 13.8 Å². The number of hydrogen-bond acceptors (Lipinski definition) is 4. The maximum atomic E-state index is 11.4. The molecule has 4 nitrogen and oxygen atoms in total. The van der Waals surface area contributed by atoms with Gasteiger partial charge in [0.25, 0.3) is 0 Å². The first kappa shape index (κ1) is 15.7. The van der Waals surface area contributed by atoms with Crippen molar-refractivity contribution in [3.05, 3.63) is 0 Å². The van der Waals surface area contributed by atoms with E-state index in [1.54, 1.807) is 30.8 Å². The second-order valence-corrected chi connectivity index (χ2v) is 6.42. The minimum Gasteiger partial charge on any atom is -0.394 e. The first-order valence-corrected chi connectivity index (χ1v) is 6.40. The summed E-state index contributed by atoms with van der Waals surface area (Å²) in [5.74, 6) is 0.621. The molecule has 0 aromatic rings. The molecular formula is C11H23NO3S. The van der Waals surface area contributed by atoms with E-state index in [1.807, 2.05) is 13.8 Å². The average molecular weight is 249 g/mol. The van der Waals surface area contributed by atoms with Gasteiger partial charge in [0.05, 0.1) is 12.7 Å². The summed E-state index contributed by atoms with van der Waals surface area (Å²) >= 11 is 1.58. The summed E-state index contributed by atoms with van der Waals surface area (Å²) in [4.78, 5) is 13.0. The molecule has 2 N–H and O–H groups in total. The summed E-state index contributed by atoms with van der Waals surface area (Å²) in [5.41, 5.74) is 0. The highest BCUT2D eigenvalue weighted by atomic mass is 32.2. The number of aliphatic hydroxyl groups is 2. The molecule has 0 aromatic heterocycles. The highest BCUT2D eigenvalue weighted by Gasteiger charge is 2.21. The van der Waals surface area contributed by atoms with Crippen LogP contribution in [-0.4, -0.2) is 58.3 Å². The molecule has 0 rings (SSSR count). The number of carbonyl (C=O) groups is 1. The minimum absolute atomic E-state index is 0.0537. The molecule has 1 unspecified atom stereocenters. The number of aliphatic hydroxyl groups excluding tert-OH is 2. The van der Waals surface area contributed by atoms with E-state index in [1.165, 1.54) is 0 Å². The van der Waals surface area contributed by atoms with E-state index in [2.05, 4.69) is 0 Å². The van der Waals surface area contributed by atoms with Gasteiger partial charge in [-0.2, -0.15) is 11.8 Å².